The van der Waals surface area contributed by atoms with Crippen LogP contribution >= 0.6 is 0 Å². The van der Waals surface area contributed by atoms with Crippen LogP contribution in [0.2, 0.25) is 0 Å². The number of phenolic OH excluding ortho intramolecular Hbond substituents is 3. The van der Waals surface area contributed by atoms with E-state index in [2.05, 4.69) is 0 Å². The van der Waals surface area contributed by atoms with Crippen molar-refractivity contribution in [3.8, 4) is 17.2 Å². The van der Waals surface area contributed by atoms with E-state index in [1.807, 2.05) is 0 Å². The SMILES string of the molecule is Oc1ccc(C(O)(O)O)c(O)c1O. The maximum atomic E-state index is 9.02. The molecular formula is C7H8O6. The summed E-state index contributed by atoms with van der Waals surface area (Å²) in [7, 11) is 0. The maximum Gasteiger partial charge on any atom is 0.308 e. The molecule has 1 aromatic rings. The molecule has 0 bridgehead atoms. The van der Waals surface area contributed by atoms with Gasteiger partial charge in [-0.15, -0.1) is 0 Å². The first-order valence-corrected chi connectivity index (χ1v) is 3.25. The molecule has 6 nitrogen and oxygen atoms in total. The molecule has 0 aromatic heterocycles. The minimum Gasteiger partial charge on any atom is -0.504 e. The van der Waals surface area contributed by atoms with Gasteiger partial charge in [-0.25, -0.2) is 0 Å². The third-order valence-electron chi connectivity index (χ3n) is 1.49. The Kier molecular flexibility index (Phi) is 2.04. The van der Waals surface area contributed by atoms with Gasteiger partial charge in [-0.1, -0.05) is 0 Å². The lowest BCUT2D eigenvalue weighted by Crippen LogP contribution is -2.23. The summed E-state index contributed by atoms with van der Waals surface area (Å²) in [6.07, 6.45) is 0. The van der Waals surface area contributed by atoms with Crippen LogP contribution in [0.25, 0.3) is 0 Å². The van der Waals surface area contributed by atoms with Gasteiger partial charge in [0.05, 0.1) is 5.56 Å². The van der Waals surface area contributed by atoms with E-state index in [9.17, 15) is 0 Å². The molecule has 0 amide bonds. The molecule has 0 radical (unpaired) electrons. The first-order chi connectivity index (χ1) is 5.84. The zero-order valence-corrected chi connectivity index (χ0v) is 6.34. The summed E-state index contributed by atoms with van der Waals surface area (Å²) in [5.74, 6) is -5.81. The highest BCUT2D eigenvalue weighted by Crippen LogP contribution is 2.39. The first kappa shape index (κ1) is 9.59. The molecule has 6 heteroatoms. The molecule has 0 spiro atoms. The van der Waals surface area contributed by atoms with Crippen LogP contribution in [0.3, 0.4) is 0 Å². The number of hydrogen-bond acceptors (Lipinski definition) is 6. The summed E-state index contributed by atoms with van der Waals surface area (Å²) in [5.41, 5.74) is -0.720. The molecule has 0 fully saturated rings. The third-order valence-corrected chi connectivity index (χ3v) is 1.49. The van der Waals surface area contributed by atoms with Gasteiger partial charge in [0.15, 0.2) is 11.5 Å². The summed E-state index contributed by atoms with van der Waals surface area (Å²) >= 11 is 0. The monoisotopic (exact) mass is 188 g/mol. The first-order valence-electron chi connectivity index (χ1n) is 3.25. The Morgan fingerprint density at radius 3 is 1.85 bits per heavy atom. The van der Waals surface area contributed by atoms with Gasteiger partial charge in [0.1, 0.15) is 0 Å². The predicted octanol–water partition coefficient (Wildman–Crippen LogP) is -1.11. The predicted molar refractivity (Wildman–Crippen MR) is 39.8 cm³/mol. The topological polar surface area (TPSA) is 121 Å². The largest absolute Gasteiger partial charge is 0.504 e. The number of rotatable bonds is 1. The molecule has 0 aliphatic rings. The van der Waals surface area contributed by atoms with Crippen molar-refractivity contribution in [1.29, 1.82) is 0 Å². The Labute approximate surface area is 72.6 Å². The van der Waals surface area contributed by atoms with Gasteiger partial charge in [-0.2, -0.15) is 0 Å². The highest BCUT2D eigenvalue weighted by atomic mass is 16.7. The molecule has 1 aromatic carbocycles. The second-order valence-corrected chi connectivity index (χ2v) is 2.46. The van der Waals surface area contributed by atoms with Crippen molar-refractivity contribution in [3.63, 3.8) is 0 Å². The fourth-order valence-electron chi connectivity index (χ4n) is 0.840. The van der Waals surface area contributed by atoms with Gasteiger partial charge in [-0.3, -0.25) is 0 Å². The van der Waals surface area contributed by atoms with Crippen LogP contribution in [0.1, 0.15) is 5.56 Å². The second-order valence-electron chi connectivity index (χ2n) is 2.46. The van der Waals surface area contributed by atoms with Crippen molar-refractivity contribution >= 4 is 0 Å². The number of aromatic hydroxyl groups is 3. The lowest BCUT2D eigenvalue weighted by atomic mass is 10.1. The summed E-state index contributed by atoms with van der Waals surface area (Å²) in [6, 6.07) is 1.74. The van der Waals surface area contributed by atoms with E-state index in [0.717, 1.165) is 12.1 Å². The lowest BCUT2D eigenvalue weighted by molar-refractivity contribution is -0.324. The summed E-state index contributed by atoms with van der Waals surface area (Å²) in [5, 5.41) is 52.7. The number of phenols is 3. The van der Waals surface area contributed by atoms with Crippen molar-refractivity contribution in [2.45, 2.75) is 5.97 Å². The Bertz CT molecular complexity index is 326. The Balaban J connectivity index is 3.35. The van der Waals surface area contributed by atoms with E-state index >= 15 is 0 Å². The van der Waals surface area contributed by atoms with Gasteiger partial charge in [0, 0.05) is 0 Å². The summed E-state index contributed by atoms with van der Waals surface area (Å²) < 4.78 is 0. The Hall–Kier alpha value is -1.50. The van der Waals surface area contributed by atoms with E-state index in [1.54, 1.807) is 0 Å². The normalized spacial score (nSPS) is 11.6. The number of benzene rings is 1. The minimum absolute atomic E-state index is 0.634. The van der Waals surface area contributed by atoms with Crippen molar-refractivity contribution in [1.82, 2.24) is 0 Å². The van der Waals surface area contributed by atoms with Gasteiger partial charge in [0.2, 0.25) is 5.75 Å². The standard InChI is InChI=1S/C7H8O6/c8-4-2-1-3(7(11,12)13)5(9)6(4)10/h1-2,8-13H. The van der Waals surface area contributed by atoms with E-state index < -0.39 is 28.8 Å². The van der Waals surface area contributed by atoms with Crippen LogP contribution in [0.4, 0.5) is 0 Å². The van der Waals surface area contributed by atoms with Crippen LogP contribution in [0.15, 0.2) is 12.1 Å². The van der Waals surface area contributed by atoms with E-state index in [-0.39, 0.29) is 0 Å². The number of hydrogen-bond donors (Lipinski definition) is 6. The van der Waals surface area contributed by atoms with Crippen molar-refractivity contribution in [2.75, 3.05) is 0 Å². The molecule has 72 valence electrons. The fraction of sp³-hybridized carbons (Fsp3) is 0.143. The molecule has 0 unspecified atom stereocenters. The fourth-order valence-corrected chi connectivity index (χ4v) is 0.840. The molecule has 0 saturated carbocycles. The summed E-state index contributed by atoms with van der Waals surface area (Å²) in [6.45, 7) is 0. The highest BCUT2D eigenvalue weighted by Gasteiger charge is 2.28. The van der Waals surface area contributed by atoms with Crippen molar-refractivity contribution in [3.05, 3.63) is 17.7 Å². The Morgan fingerprint density at radius 2 is 1.38 bits per heavy atom. The van der Waals surface area contributed by atoms with Gasteiger partial charge >= 0.3 is 5.97 Å². The zero-order valence-electron chi connectivity index (χ0n) is 6.34. The van der Waals surface area contributed by atoms with Crippen LogP contribution in [0, 0.1) is 0 Å². The number of aliphatic hydroxyl groups is 3. The van der Waals surface area contributed by atoms with Crippen LogP contribution in [0.5, 0.6) is 17.2 Å². The molecule has 0 aliphatic carbocycles. The highest BCUT2D eigenvalue weighted by molar-refractivity contribution is 5.53. The van der Waals surface area contributed by atoms with Crippen molar-refractivity contribution < 1.29 is 30.6 Å². The molecular weight excluding hydrogens is 180 g/mol. The molecule has 0 aliphatic heterocycles. The van der Waals surface area contributed by atoms with E-state index in [1.165, 1.54) is 0 Å². The lowest BCUT2D eigenvalue weighted by Gasteiger charge is -2.16. The molecule has 13 heavy (non-hydrogen) atoms. The Morgan fingerprint density at radius 1 is 0.846 bits per heavy atom. The van der Waals surface area contributed by atoms with Gasteiger partial charge in [-0.05, 0) is 12.1 Å². The van der Waals surface area contributed by atoms with Crippen molar-refractivity contribution in [2.24, 2.45) is 0 Å². The average molecular weight is 188 g/mol. The van der Waals surface area contributed by atoms with E-state index in [0.29, 0.717) is 0 Å². The van der Waals surface area contributed by atoms with Crippen LogP contribution in [-0.4, -0.2) is 30.6 Å². The van der Waals surface area contributed by atoms with Crippen LogP contribution in [-0.2, 0) is 5.97 Å². The molecule has 6 N–H and O–H groups in total. The second kappa shape index (κ2) is 2.77. The quantitative estimate of drug-likeness (QED) is 0.245. The van der Waals surface area contributed by atoms with E-state index in [4.69, 9.17) is 30.6 Å². The average Bonchev–Trinajstić information content (AvgIpc) is 1.98. The molecule has 0 atom stereocenters. The molecule has 0 saturated heterocycles. The van der Waals surface area contributed by atoms with Gasteiger partial charge < -0.3 is 30.6 Å². The summed E-state index contributed by atoms with van der Waals surface area (Å²) in [4.78, 5) is 0. The van der Waals surface area contributed by atoms with Gasteiger partial charge in [0.25, 0.3) is 0 Å². The maximum absolute atomic E-state index is 9.02. The zero-order chi connectivity index (χ0) is 10.2. The van der Waals surface area contributed by atoms with Crippen LogP contribution < -0.4 is 0 Å². The molecule has 0 heterocycles. The smallest absolute Gasteiger partial charge is 0.308 e. The molecule has 1 rings (SSSR count). The third kappa shape index (κ3) is 1.64. The minimum atomic E-state index is -3.25.